The predicted octanol–water partition coefficient (Wildman–Crippen LogP) is 4.16. The largest absolute Gasteiger partial charge is 0.317 e. The van der Waals surface area contributed by atoms with Crippen LogP contribution in [0.15, 0.2) is 46.3 Å². The van der Waals surface area contributed by atoms with E-state index in [9.17, 15) is 17.6 Å². The third-order valence-corrected chi connectivity index (χ3v) is 7.67. The molecule has 1 amide bonds. The molecular formula is C21H23FN2O3S2. The second-order valence-electron chi connectivity index (χ2n) is 6.91. The molecule has 0 fully saturated rings. The fourth-order valence-corrected chi connectivity index (χ4v) is 5.55. The van der Waals surface area contributed by atoms with E-state index in [-0.39, 0.29) is 29.4 Å². The van der Waals surface area contributed by atoms with Gasteiger partial charge in [0.05, 0.1) is 20.9 Å². The standard InChI is InChI=1S/C21H23FN2O3S2/c1-4-24-18-12-14(2)15(3)13-19(18)28-21(24)23-20(25)6-5-11-29(26,27)17-9-7-16(22)8-10-17/h7-10,12-13H,4-6,11H2,1-3H3. The molecule has 3 aromatic rings. The van der Waals surface area contributed by atoms with Crippen molar-refractivity contribution in [3.63, 3.8) is 0 Å². The number of thiazole rings is 1. The maximum Gasteiger partial charge on any atom is 0.248 e. The van der Waals surface area contributed by atoms with Crippen LogP contribution in [-0.4, -0.2) is 24.6 Å². The average Bonchev–Trinajstić information content (AvgIpc) is 2.98. The number of benzene rings is 2. The lowest BCUT2D eigenvalue weighted by molar-refractivity contribution is -0.118. The van der Waals surface area contributed by atoms with Crippen molar-refractivity contribution in [1.29, 1.82) is 0 Å². The van der Waals surface area contributed by atoms with Gasteiger partial charge in [-0.1, -0.05) is 11.3 Å². The maximum absolute atomic E-state index is 13.0. The van der Waals surface area contributed by atoms with Gasteiger partial charge in [0, 0.05) is 13.0 Å². The first-order chi connectivity index (χ1) is 13.7. The smallest absolute Gasteiger partial charge is 0.248 e. The highest BCUT2D eigenvalue weighted by Gasteiger charge is 2.15. The third-order valence-electron chi connectivity index (χ3n) is 4.81. The number of nitrogens with zero attached hydrogens (tertiary/aromatic N) is 2. The van der Waals surface area contributed by atoms with Crippen LogP contribution < -0.4 is 4.80 Å². The summed E-state index contributed by atoms with van der Waals surface area (Å²) in [5.74, 6) is -1.02. The van der Waals surface area contributed by atoms with Gasteiger partial charge < -0.3 is 4.57 Å². The van der Waals surface area contributed by atoms with E-state index in [0.717, 1.165) is 22.3 Å². The Bertz CT molecular complexity index is 1220. The molecular weight excluding hydrogens is 411 g/mol. The summed E-state index contributed by atoms with van der Waals surface area (Å²) in [5.41, 5.74) is 3.42. The summed E-state index contributed by atoms with van der Waals surface area (Å²) in [6.07, 6.45) is 0.202. The van der Waals surface area contributed by atoms with Gasteiger partial charge in [0.25, 0.3) is 0 Å². The molecule has 2 aromatic carbocycles. The van der Waals surface area contributed by atoms with Crippen LogP contribution in [0, 0.1) is 19.7 Å². The highest BCUT2D eigenvalue weighted by atomic mass is 32.2. The van der Waals surface area contributed by atoms with E-state index >= 15 is 0 Å². The van der Waals surface area contributed by atoms with Crippen molar-refractivity contribution in [2.45, 2.75) is 45.1 Å². The zero-order chi connectivity index (χ0) is 21.2. The van der Waals surface area contributed by atoms with Crippen LogP contribution in [0.2, 0.25) is 0 Å². The van der Waals surface area contributed by atoms with E-state index in [1.807, 2.05) is 18.4 Å². The van der Waals surface area contributed by atoms with E-state index < -0.39 is 15.7 Å². The van der Waals surface area contributed by atoms with E-state index in [0.29, 0.717) is 11.3 Å². The fourth-order valence-electron chi connectivity index (χ4n) is 3.05. The second kappa shape index (κ2) is 8.59. The Hall–Kier alpha value is -2.32. The number of fused-ring (bicyclic) bond motifs is 1. The second-order valence-corrected chi connectivity index (χ2v) is 10.0. The molecule has 0 aliphatic rings. The zero-order valence-electron chi connectivity index (χ0n) is 16.6. The summed E-state index contributed by atoms with van der Waals surface area (Å²) in [4.78, 5) is 17.3. The summed E-state index contributed by atoms with van der Waals surface area (Å²) in [5, 5.41) is 0. The van der Waals surface area contributed by atoms with Crippen LogP contribution in [0.1, 0.15) is 30.9 Å². The van der Waals surface area contributed by atoms with Crippen LogP contribution in [-0.2, 0) is 21.2 Å². The molecule has 1 aromatic heterocycles. The molecule has 0 N–H and O–H groups in total. The number of aryl methyl sites for hydroxylation is 3. The Morgan fingerprint density at radius 3 is 2.45 bits per heavy atom. The lowest BCUT2D eigenvalue weighted by Crippen LogP contribution is -2.16. The monoisotopic (exact) mass is 434 g/mol. The summed E-state index contributed by atoms with van der Waals surface area (Å²) >= 11 is 1.46. The van der Waals surface area contributed by atoms with Gasteiger partial charge in [0.15, 0.2) is 14.6 Å². The topological polar surface area (TPSA) is 68.5 Å². The number of hydrogen-bond donors (Lipinski definition) is 0. The van der Waals surface area contributed by atoms with Crippen molar-refractivity contribution in [3.8, 4) is 0 Å². The van der Waals surface area contributed by atoms with Gasteiger partial charge in [-0.15, -0.1) is 0 Å². The molecule has 0 saturated heterocycles. The average molecular weight is 435 g/mol. The Balaban J connectivity index is 1.75. The van der Waals surface area contributed by atoms with E-state index in [1.54, 1.807) is 0 Å². The lowest BCUT2D eigenvalue weighted by Gasteiger charge is -2.04. The molecule has 8 heteroatoms. The van der Waals surface area contributed by atoms with Crippen molar-refractivity contribution < 1.29 is 17.6 Å². The lowest BCUT2D eigenvalue weighted by atomic mass is 10.1. The Kier molecular flexibility index (Phi) is 6.33. The third kappa shape index (κ3) is 4.82. The van der Waals surface area contributed by atoms with Crippen molar-refractivity contribution in [1.82, 2.24) is 4.57 Å². The number of hydrogen-bond acceptors (Lipinski definition) is 4. The molecule has 0 aliphatic carbocycles. The van der Waals surface area contributed by atoms with E-state index in [4.69, 9.17) is 0 Å². The molecule has 0 saturated carbocycles. The van der Waals surface area contributed by atoms with Crippen LogP contribution in [0.3, 0.4) is 0 Å². The fraction of sp³-hybridized carbons (Fsp3) is 0.333. The van der Waals surface area contributed by atoms with Crippen LogP contribution in [0.25, 0.3) is 10.2 Å². The van der Waals surface area contributed by atoms with Gasteiger partial charge in [-0.25, -0.2) is 12.8 Å². The minimum Gasteiger partial charge on any atom is -0.317 e. The van der Waals surface area contributed by atoms with E-state index in [1.165, 1.54) is 34.6 Å². The van der Waals surface area contributed by atoms with Crippen molar-refractivity contribution in [2.75, 3.05) is 5.75 Å². The SMILES string of the molecule is CCn1c(=NC(=O)CCCS(=O)(=O)c2ccc(F)cc2)sc2cc(C)c(C)cc21. The molecule has 0 spiro atoms. The molecule has 0 bridgehead atoms. The summed E-state index contributed by atoms with van der Waals surface area (Å²) < 4.78 is 40.6. The van der Waals surface area contributed by atoms with Gasteiger partial charge >= 0.3 is 0 Å². The van der Waals surface area contributed by atoms with Gasteiger partial charge in [0.2, 0.25) is 5.91 Å². The van der Waals surface area contributed by atoms with E-state index in [2.05, 4.69) is 24.0 Å². The van der Waals surface area contributed by atoms with Gasteiger partial charge in [0.1, 0.15) is 5.82 Å². The van der Waals surface area contributed by atoms with Gasteiger partial charge in [-0.05, 0) is 74.7 Å². The molecule has 0 radical (unpaired) electrons. The van der Waals surface area contributed by atoms with Crippen molar-refractivity contribution in [2.24, 2.45) is 4.99 Å². The highest BCUT2D eigenvalue weighted by molar-refractivity contribution is 7.91. The number of carbonyl (C=O) groups is 1. The number of amides is 1. The highest BCUT2D eigenvalue weighted by Crippen LogP contribution is 2.22. The summed E-state index contributed by atoms with van der Waals surface area (Å²) in [7, 11) is -3.55. The molecule has 1 heterocycles. The molecule has 154 valence electrons. The molecule has 0 aliphatic heterocycles. The molecule has 3 rings (SSSR count). The first-order valence-corrected chi connectivity index (χ1v) is 11.8. The Morgan fingerprint density at radius 2 is 1.79 bits per heavy atom. The quantitative estimate of drug-likeness (QED) is 0.547. The van der Waals surface area contributed by atoms with Crippen LogP contribution in [0.5, 0.6) is 0 Å². The zero-order valence-corrected chi connectivity index (χ0v) is 18.2. The molecule has 0 unspecified atom stereocenters. The number of halogens is 1. The van der Waals surface area contributed by atoms with Crippen molar-refractivity contribution >= 4 is 37.3 Å². The van der Waals surface area contributed by atoms with Gasteiger partial charge in [-0.2, -0.15) is 4.99 Å². The number of sulfone groups is 1. The molecule has 29 heavy (non-hydrogen) atoms. The number of aromatic nitrogens is 1. The number of rotatable bonds is 6. The first kappa shape index (κ1) is 21.4. The Morgan fingerprint density at radius 1 is 1.14 bits per heavy atom. The first-order valence-electron chi connectivity index (χ1n) is 9.37. The normalized spacial score (nSPS) is 12.6. The summed E-state index contributed by atoms with van der Waals surface area (Å²) in [6, 6.07) is 8.90. The minimum absolute atomic E-state index is 0.0381. The number of carbonyl (C=O) groups excluding carboxylic acids is 1. The summed E-state index contributed by atoms with van der Waals surface area (Å²) in [6.45, 7) is 6.79. The molecule has 5 nitrogen and oxygen atoms in total. The van der Waals surface area contributed by atoms with Gasteiger partial charge in [-0.3, -0.25) is 4.79 Å². The van der Waals surface area contributed by atoms with Crippen LogP contribution in [0.4, 0.5) is 4.39 Å². The Labute approximate surface area is 173 Å². The van der Waals surface area contributed by atoms with Crippen molar-refractivity contribution in [3.05, 3.63) is 58.1 Å². The van der Waals surface area contributed by atoms with Crippen LogP contribution >= 0.6 is 11.3 Å². The predicted molar refractivity (Wildman–Crippen MR) is 113 cm³/mol. The molecule has 0 atom stereocenters. The minimum atomic E-state index is -3.55. The maximum atomic E-state index is 13.0.